The van der Waals surface area contributed by atoms with E-state index in [-0.39, 0.29) is 5.92 Å². The molecular formula is C14H22N2O2S. The summed E-state index contributed by atoms with van der Waals surface area (Å²) in [5, 5.41) is 10.1. The lowest BCUT2D eigenvalue weighted by atomic mass is 9.95. The second kappa shape index (κ2) is 5.90. The quantitative estimate of drug-likeness (QED) is 0.917. The van der Waals surface area contributed by atoms with Gasteiger partial charge in [0.1, 0.15) is 4.88 Å². The Morgan fingerprint density at radius 3 is 2.53 bits per heavy atom. The molecule has 1 N–H and O–H groups in total. The van der Waals surface area contributed by atoms with E-state index in [4.69, 9.17) is 0 Å². The molecule has 0 saturated carbocycles. The Bertz CT molecular complexity index is 448. The summed E-state index contributed by atoms with van der Waals surface area (Å²) in [5.41, 5.74) is 0.727. The molecule has 1 aromatic rings. The molecule has 106 valence electrons. The minimum Gasteiger partial charge on any atom is -0.477 e. The molecule has 1 aliphatic rings. The van der Waals surface area contributed by atoms with E-state index >= 15 is 0 Å². The molecule has 1 aliphatic heterocycles. The van der Waals surface area contributed by atoms with Crippen LogP contribution in [0.25, 0.3) is 0 Å². The second-order valence-corrected chi connectivity index (χ2v) is 6.49. The van der Waals surface area contributed by atoms with Crippen molar-refractivity contribution < 1.29 is 9.90 Å². The monoisotopic (exact) mass is 282 g/mol. The van der Waals surface area contributed by atoms with Crippen molar-refractivity contribution in [3.63, 3.8) is 0 Å². The number of nitrogens with zero attached hydrogens (tertiary/aromatic N) is 2. The Labute approximate surface area is 118 Å². The zero-order valence-electron chi connectivity index (χ0n) is 11.8. The largest absolute Gasteiger partial charge is 0.477 e. The number of aromatic nitrogens is 1. The van der Waals surface area contributed by atoms with Gasteiger partial charge in [-0.2, -0.15) is 0 Å². The molecule has 0 atom stereocenters. The molecule has 5 heteroatoms. The van der Waals surface area contributed by atoms with Crippen molar-refractivity contribution in [2.75, 3.05) is 18.0 Å². The van der Waals surface area contributed by atoms with Crippen LogP contribution in [-0.2, 0) is 0 Å². The van der Waals surface area contributed by atoms with Gasteiger partial charge in [0, 0.05) is 13.1 Å². The predicted molar refractivity (Wildman–Crippen MR) is 78.4 cm³/mol. The van der Waals surface area contributed by atoms with Crippen molar-refractivity contribution in [3.8, 4) is 0 Å². The Kier molecular flexibility index (Phi) is 4.45. The average molecular weight is 282 g/mol. The number of hydrogen-bond donors (Lipinski definition) is 1. The first-order valence-electron chi connectivity index (χ1n) is 7.01. The summed E-state index contributed by atoms with van der Waals surface area (Å²) < 4.78 is 0. The number of carbonyl (C=O) groups is 1. The van der Waals surface area contributed by atoms with Gasteiger partial charge in [-0.05, 0) is 24.7 Å². The van der Waals surface area contributed by atoms with Crippen molar-refractivity contribution >= 4 is 22.4 Å². The molecule has 1 aromatic heterocycles. The highest BCUT2D eigenvalue weighted by atomic mass is 32.1. The predicted octanol–water partition coefficient (Wildman–Crippen LogP) is 3.59. The molecule has 1 saturated heterocycles. The number of carboxylic acid groups (broad SMARTS) is 1. The third-order valence-electron chi connectivity index (χ3n) is 3.85. The SMILES string of the molecule is CCC1CCN(c2nc(C(C)C)c(C(=O)O)s2)CC1. The van der Waals surface area contributed by atoms with Crippen LogP contribution < -0.4 is 4.90 Å². The Balaban J connectivity index is 2.17. The van der Waals surface area contributed by atoms with Gasteiger partial charge < -0.3 is 10.0 Å². The number of anilines is 1. The number of carboxylic acids is 1. The molecular weight excluding hydrogens is 260 g/mol. The van der Waals surface area contributed by atoms with Crippen LogP contribution in [0.3, 0.4) is 0 Å². The van der Waals surface area contributed by atoms with Gasteiger partial charge in [-0.1, -0.05) is 38.5 Å². The van der Waals surface area contributed by atoms with Crippen LogP contribution in [0.5, 0.6) is 0 Å². The van der Waals surface area contributed by atoms with Gasteiger partial charge in [0.2, 0.25) is 0 Å². The number of thiazole rings is 1. The van der Waals surface area contributed by atoms with Gasteiger partial charge in [0.15, 0.2) is 5.13 Å². The standard InChI is InChI=1S/C14H22N2O2S/c1-4-10-5-7-16(8-6-10)14-15-11(9(2)3)12(19-14)13(17)18/h9-10H,4-8H2,1-3H3,(H,17,18). The molecule has 2 heterocycles. The summed E-state index contributed by atoms with van der Waals surface area (Å²) >= 11 is 1.33. The molecule has 0 unspecified atom stereocenters. The van der Waals surface area contributed by atoms with Gasteiger partial charge in [0.25, 0.3) is 0 Å². The second-order valence-electron chi connectivity index (χ2n) is 5.51. The van der Waals surface area contributed by atoms with Gasteiger partial charge in [0.05, 0.1) is 5.69 Å². The van der Waals surface area contributed by atoms with E-state index in [2.05, 4.69) is 16.8 Å². The smallest absolute Gasteiger partial charge is 0.347 e. The highest BCUT2D eigenvalue weighted by Crippen LogP contribution is 2.33. The Morgan fingerprint density at radius 1 is 1.47 bits per heavy atom. The summed E-state index contributed by atoms with van der Waals surface area (Å²) in [4.78, 5) is 18.5. The summed E-state index contributed by atoms with van der Waals surface area (Å²) in [5.74, 6) is 0.125. The van der Waals surface area contributed by atoms with E-state index in [1.54, 1.807) is 0 Å². The van der Waals surface area contributed by atoms with Crippen LogP contribution in [-0.4, -0.2) is 29.1 Å². The number of hydrogen-bond acceptors (Lipinski definition) is 4. The van der Waals surface area contributed by atoms with Crippen LogP contribution >= 0.6 is 11.3 Å². The van der Waals surface area contributed by atoms with E-state index in [0.29, 0.717) is 4.88 Å². The van der Waals surface area contributed by atoms with Crippen molar-refractivity contribution in [1.29, 1.82) is 0 Å². The molecule has 0 radical (unpaired) electrons. The summed E-state index contributed by atoms with van der Waals surface area (Å²) in [6.45, 7) is 8.23. The van der Waals surface area contributed by atoms with Crippen LogP contribution in [0, 0.1) is 5.92 Å². The van der Waals surface area contributed by atoms with Crippen LogP contribution in [0.4, 0.5) is 5.13 Å². The van der Waals surface area contributed by atoms with Gasteiger partial charge in [-0.3, -0.25) is 0 Å². The van der Waals surface area contributed by atoms with Gasteiger partial charge in [-0.25, -0.2) is 9.78 Å². The average Bonchev–Trinajstić information content (AvgIpc) is 2.84. The fourth-order valence-corrected chi connectivity index (χ4v) is 3.64. The third-order valence-corrected chi connectivity index (χ3v) is 4.97. The van der Waals surface area contributed by atoms with Gasteiger partial charge in [-0.15, -0.1) is 0 Å². The first-order valence-corrected chi connectivity index (χ1v) is 7.83. The highest BCUT2D eigenvalue weighted by Gasteiger charge is 2.25. The molecule has 4 nitrogen and oxygen atoms in total. The minimum atomic E-state index is -0.851. The first kappa shape index (κ1) is 14.3. The molecule has 0 spiro atoms. The normalized spacial score (nSPS) is 17.2. The maximum Gasteiger partial charge on any atom is 0.347 e. The molecule has 1 fully saturated rings. The molecule has 0 aliphatic carbocycles. The maximum atomic E-state index is 11.3. The molecule has 0 aromatic carbocycles. The Morgan fingerprint density at radius 2 is 2.11 bits per heavy atom. The first-order chi connectivity index (χ1) is 9.02. The topological polar surface area (TPSA) is 53.4 Å². The number of rotatable bonds is 4. The maximum absolute atomic E-state index is 11.3. The van der Waals surface area contributed by atoms with E-state index in [1.165, 1.54) is 30.6 Å². The zero-order chi connectivity index (χ0) is 14.0. The summed E-state index contributed by atoms with van der Waals surface area (Å²) in [6, 6.07) is 0. The van der Waals surface area contributed by atoms with E-state index in [0.717, 1.165) is 29.8 Å². The van der Waals surface area contributed by atoms with Crippen LogP contribution in [0.15, 0.2) is 0 Å². The zero-order valence-corrected chi connectivity index (χ0v) is 12.7. The van der Waals surface area contributed by atoms with Crippen molar-refractivity contribution in [2.45, 2.75) is 46.0 Å². The number of aromatic carboxylic acids is 1. The fraction of sp³-hybridized carbons (Fsp3) is 0.714. The van der Waals surface area contributed by atoms with E-state index < -0.39 is 5.97 Å². The van der Waals surface area contributed by atoms with Gasteiger partial charge >= 0.3 is 5.97 Å². The van der Waals surface area contributed by atoms with Crippen molar-refractivity contribution in [3.05, 3.63) is 10.6 Å². The van der Waals surface area contributed by atoms with E-state index in [1.807, 2.05) is 13.8 Å². The van der Waals surface area contributed by atoms with Crippen LogP contribution in [0.1, 0.15) is 61.3 Å². The lowest BCUT2D eigenvalue weighted by Crippen LogP contribution is -2.33. The lowest BCUT2D eigenvalue weighted by Gasteiger charge is -2.31. The molecule has 19 heavy (non-hydrogen) atoms. The number of piperidine rings is 1. The summed E-state index contributed by atoms with van der Waals surface area (Å²) in [7, 11) is 0. The van der Waals surface area contributed by atoms with E-state index in [9.17, 15) is 9.90 Å². The lowest BCUT2D eigenvalue weighted by molar-refractivity contribution is 0.0700. The van der Waals surface area contributed by atoms with Crippen molar-refractivity contribution in [2.24, 2.45) is 5.92 Å². The molecule has 0 amide bonds. The van der Waals surface area contributed by atoms with Crippen molar-refractivity contribution in [1.82, 2.24) is 4.98 Å². The fourth-order valence-electron chi connectivity index (χ4n) is 2.53. The minimum absolute atomic E-state index is 0.157. The molecule has 0 bridgehead atoms. The Hall–Kier alpha value is -1.10. The summed E-state index contributed by atoms with van der Waals surface area (Å²) in [6.07, 6.45) is 3.62. The highest BCUT2D eigenvalue weighted by molar-refractivity contribution is 7.17. The van der Waals surface area contributed by atoms with Crippen LogP contribution in [0.2, 0.25) is 0 Å². The molecule has 2 rings (SSSR count). The third kappa shape index (κ3) is 3.08.